The Kier molecular flexibility index (Phi) is 5.54. The van der Waals surface area contributed by atoms with E-state index in [-0.39, 0.29) is 18.4 Å². The highest BCUT2D eigenvalue weighted by atomic mass is 16.2. The van der Waals surface area contributed by atoms with Gasteiger partial charge in [-0.25, -0.2) is 4.79 Å². The van der Waals surface area contributed by atoms with Crippen LogP contribution in [-0.4, -0.2) is 47.3 Å². The number of carbonyl (C=O) groups is 3. The number of nitrogens with zero attached hydrogens (tertiary/aromatic N) is 2. The number of imide groups is 1. The van der Waals surface area contributed by atoms with Gasteiger partial charge in [0.1, 0.15) is 12.6 Å². The Morgan fingerprint density at radius 1 is 1.04 bits per heavy atom. The summed E-state index contributed by atoms with van der Waals surface area (Å²) in [6.07, 6.45) is 0.412. The van der Waals surface area contributed by atoms with E-state index in [1.807, 2.05) is 61.5 Å². The molecule has 1 atom stereocenters. The first-order valence-electron chi connectivity index (χ1n) is 8.89. The number of nitrogens with one attached hydrogen (secondary N) is 1. The molecular weight excluding hydrogens is 342 g/mol. The molecule has 0 spiro atoms. The SMILES string of the molecule is Cc1ccc(CN(C)C(=O)CN2C(=O)NC(Cc3ccccc3)C2=O)cc1. The summed E-state index contributed by atoms with van der Waals surface area (Å²) in [5, 5.41) is 2.67. The Hall–Kier alpha value is -3.15. The molecule has 1 fully saturated rings. The van der Waals surface area contributed by atoms with Gasteiger partial charge in [0.15, 0.2) is 0 Å². The van der Waals surface area contributed by atoms with Crippen molar-refractivity contribution in [1.82, 2.24) is 15.1 Å². The lowest BCUT2D eigenvalue weighted by Crippen LogP contribution is -2.41. The van der Waals surface area contributed by atoms with Crippen LogP contribution in [0.4, 0.5) is 4.79 Å². The number of amides is 4. The zero-order chi connectivity index (χ0) is 19.4. The van der Waals surface area contributed by atoms with Crippen molar-refractivity contribution in [3.63, 3.8) is 0 Å². The van der Waals surface area contributed by atoms with Crippen LogP contribution in [0.1, 0.15) is 16.7 Å². The van der Waals surface area contributed by atoms with Crippen molar-refractivity contribution in [3.05, 3.63) is 71.3 Å². The minimum Gasteiger partial charge on any atom is -0.340 e. The molecule has 1 heterocycles. The first-order chi connectivity index (χ1) is 12.9. The summed E-state index contributed by atoms with van der Waals surface area (Å²) in [5.74, 6) is -0.639. The minimum atomic E-state index is -0.630. The van der Waals surface area contributed by atoms with E-state index in [9.17, 15) is 14.4 Å². The van der Waals surface area contributed by atoms with E-state index in [1.54, 1.807) is 7.05 Å². The maximum atomic E-state index is 12.5. The molecule has 0 aliphatic carbocycles. The molecule has 1 aliphatic heterocycles. The Labute approximate surface area is 158 Å². The molecule has 6 nitrogen and oxygen atoms in total. The molecule has 1 saturated heterocycles. The van der Waals surface area contributed by atoms with E-state index in [4.69, 9.17) is 0 Å². The van der Waals surface area contributed by atoms with Crippen molar-refractivity contribution in [2.45, 2.75) is 25.9 Å². The molecule has 0 aromatic heterocycles. The molecule has 0 bridgehead atoms. The third-order valence-electron chi connectivity index (χ3n) is 4.65. The zero-order valence-electron chi connectivity index (χ0n) is 15.5. The fraction of sp³-hybridized carbons (Fsp3) is 0.286. The lowest BCUT2D eigenvalue weighted by molar-refractivity contribution is -0.136. The van der Waals surface area contributed by atoms with E-state index in [0.29, 0.717) is 13.0 Å². The Morgan fingerprint density at radius 2 is 1.70 bits per heavy atom. The van der Waals surface area contributed by atoms with E-state index in [1.165, 1.54) is 4.90 Å². The van der Waals surface area contributed by atoms with Crippen LogP contribution in [-0.2, 0) is 22.6 Å². The van der Waals surface area contributed by atoms with E-state index < -0.39 is 12.1 Å². The van der Waals surface area contributed by atoms with Crippen LogP contribution in [0.25, 0.3) is 0 Å². The lowest BCUT2D eigenvalue weighted by Gasteiger charge is -2.20. The second kappa shape index (κ2) is 8.03. The summed E-state index contributed by atoms with van der Waals surface area (Å²) in [4.78, 5) is 39.7. The van der Waals surface area contributed by atoms with Crippen LogP contribution in [0.5, 0.6) is 0 Å². The molecule has 0 radical (unpaired) electrons. The molecule has 1 N–H and O–H groups in total. The summed E-state index contributed by atoms with van der Waals surface area (Å²) in [5.41, 5.74) is 3.10. The fourth-order valence-corrected chi connectivity index (χ4v) is 3.03. The van der Waals surface area contributed by atoms with Crippen molar-refractivity contribution < 1.29 is 14.4 Å². The lowest BCUT2D eigenvalue weighted by atomic mass is 10.1. The molecule has 1 unspecified atom stereocenters. The van der Waals surface area contributed by atoms with Gasteiger partial charge in [-0.05, 0) is 18.1 Å². The van der Waals surface area contributed by atoms with Crippen LogP contribution in [0, 0.1) is 6.92 Å². The van der Waals surface area contributed by atoms with Gasteiger partial charge < -0.3 is 10.2 Å². The number of aryl methyl sites for hydroxylation is 1. The zero-order valence-corrected chi connectivity index (χ0v) is 15.5. The number of carbonyl (C=O) groups excluding carboxylic acids is 3. The minimum absolute atomic E-state index is 0.252. The first-order valence-corrected chi connectivity index (χ1v) is 8.89. The molecular formula is C21H23N3O3. The summed E-state index contributed by atoms with van der Waals surface area (Å²) in [6, 6.07) is 16.2. The Balaban J connectivity index is 1.59. The van der Waals surface area contributed by atoms with Gasteiger partial charge >= 0.3 is 6.03 Å². The van der Waals surface area contributed by atoms with Gasteiger partial charge in [-0.3, -0.25) is 14.5 Å². The highest BCUT2D eigenvalue weighted by Gasteiger charge is 2.39. The number of benzene rings is 2. The second-order valence-electron chi connectivity index (χ2n) is 6.85. The molecule has 2 aromatic carbocycles. The number of hydrogen-bond acceptors (Lipinski definition) is 3. The second-order valence-corrected chi connectivity index (χ2v) is 6.85. The average Bonchev–Trinajstić information content (AvgIpc) is 2.91. The third-order valence-corrected chi connectivity index (χ3v) is 4.65. The molecule has 2 aromatic rings. The molecule has 4 amide bonds. The summed E-state index contributed by atoms with van der Waals surface area (Å²) in [6.45, 7) is 2.18. The van der Waals surface area contributed by atoms with Crippen molar-refractivity contribution in [2.75, 3.05) is 13.6 Å². The normalized spacial score (nSPS) is 16.4. The largest absolute Gasteiger partial charge is 0.340 e. The van der Waals surface area contributed by atoms with Crippen LogP contribution >= 0.6 is 0 Å². The van der Waals surface area contributed by atoms with E-state index >= 15 is 0 Å². The standard InChI is InChI=1S/C21H23N3O3/c1-15-8-10-17(11-9-15)13-23(2)19(25)14-24-20(26)18(22-21(24)27)12-16-6-4-3-5-7-16/h3-11,18H,12-14H2,1-2H3,(H,22,27). The highest BCUT2D eigenvalue weighted by Crippen LogP contribution is 2.13. The molecule has 27 heavy (non-hydrogen) atoms. The van der Waals surface area contributed by atoms with Gasteiger partial charge in [-0.15, -0.1) is 0 Å². The maximum absolute atomic E-state index is 12.5. The highest BCUT2D eigenvalue weighted by molar-refractivity contribution is 6.06. The van der Waals surface area contributed by atoms with Crippen molar-refractivity contribution in [2.24, 2.45) is 0 Å². The number of likely N-dealkylation sites (N-methyl/N-ethyl adjacent to an activating group) is 1. The fourth-order valence-electron chi connectivity index (χ4n) is 3.03. The predicted molar refractivity (Wildman–Crippen MR) is 102 cm³/mol. The van der Waals surface area contributed by atoms with Crippen molar-refractivity contribution in [3.8, 4) is 0 Å². The van der Waals surface area contributed by atoms with Crippen LogP contribution in [0.15, 0.2) is 54.6 Å². The van der Waals surface area contributed by atoms with Gasteiger partial charge in [0.2, 0.25) is 5.91 Å². The van der Waals surface area contributed by atoms with Crippen molar-refractivity contribution >= 4 is 17.8 Å². The molecule has 1 aliphatic rings. The van der Waals surface area contributed by atoms with Crippen molar-refractivity contribution in [1.29, 1.82) is 0 Å². The van der Waals surface area contributed by atoms with Crippen LogP contribution in [0.2, 0.25) is 0 Å². The van der Waals surface area contributed by atoms with E-state index in [2.05, 4.69) is 5.32 Å². The molecule has 140 valence electrons. The number of rotatable bonds is 6. The quantitative estimate of drug-likeness (QED) is 0.797. The topological polar surface area (TPSA) is 69.7 Å². The number of urea groups is 1. The first kappa shape index (κ1) is 18.6. The van der Waals surface area contributed by atoms with Crippen LogP contribution in [0.3, 0.4) is 0 Å². The summed E-state index contributed by atoms with van der Waals surface area (Å²) < 4.78 is 0. The molecule has 6 heteroatoms. The van der Waals surface area contributed by atoms with Gasteiger partial charge in [-0.2, -0.15) is 0 Å². The summed E-state index contributed by atoms with van der Waals surface area (Å²) in [7, 11) is 1.67. The predicted octanol–water partition coefficient (Wildman–Crippen LogP) is 2.12. The van der Waals surface area contributed by atoms with E-state index in [0.717, 1.165) is 21.6 Å². The Bertz CT molecular complexity index is 834. The number of hydrogen-bond donors (Lipinski definition) is 1. The van der Waals surface area contributed by atoms with Gasteiger partial charge in [0, 0.05) is 20.0 Å². The molecule has 3 rings (SSSR count). The monoisotopic (exact) mass is 365 g/mol. The smallest absolute Gasteiger partial charge is 0.325 e. The maximum Gasteiger partial charge on any atom is 0.325 e. The average molecular weight is 365 g/mol. The van der Waals surface area contributed by atoms with Crippen LogP contribution < -0.4 is 5.32 Å². The Morgan fingerprint density at radius 3 is 2.37 bits per heavy atom. The van der Waals surface area contributed by atoms with Gasteiger partial charge in [-0.1, -0.05) is 60.2 Å². The third kappa shape index (κ3) is 4.53. The van der Waals surface area contributed by atoms with Gasteiger partial charge in [0.25, 0.3) is 5.91 Å². The summed E-state index contributed by atoms with van der Waals surface area (Å²) >= 11 is 0. The van der Waals surface area contributed by atoms with Gasteiger partial charge in [0.05, 0.1) is 0 Å². The molecule has 0 saturated carbocycles.